The molecule has 4 aromatic rings. The number of nitrogens with zero attached hydrogens (tertiary/aromatic N) is 1. The predicted molar refractivity (Wildman–Crippen MR) is 104 cm³/mol. The van der Waals surface area contributed by atoms with Gasteiger partial charge in [-0.25, -0.2) is 21.6 Å². The van der Waals surface area contributed by atoms with Gasteiger partial charge in [-0.3, -0.25) is 4.98 Å². The molecule has 0 atom stereocenters. The van der Waals surface area contributed by atoms with E-state index in [2.05, 4.69) is 4.98 Å². The summed E-state index contributed by atoms with van der Waals surface area (Å²) in [7, 11) is -4.22. The fourth-order valence-electron chi connectivity index (χ4n) is 3.16. The van der Waals surface area contributed by atoms with Crippen molar-refractivity contribution >= 4 is 20.7 Å². The second-order valence-corrected chi connectivity index (χ2v) is 8.50. The maximum atomic E-state index is 14.0. The summed E-state index contributed by atoms with van der Waals surface area (Å²) >= 11 is 0. The predicted octanol–water partition coefficient (Wildman–Crippen LogP) is 5.46. The molecule has 4 rings (SSSR count). The van der Waals surface area contributed by atoms with Gasteiger partial charge in [-0.15, -0.1) is 0 Å². The molecule has 0 unspecified atom stereocenters. The van der Waals surface area contributed by atoms with Crippen LogP contribution in [0.25, 0.3) is 22.0 Å². The first-order valence-corrected chi connectivity index (χ1v) is 10.1. The van der Waals surface area contributed by atoms with E-state index in [1.165, 1.54) is 49.4 Å². The number of aromatic nitrogens is 1. The van der Waals surface area contributed by atoms with Crippen molar-refractivity contribution in [2.24, 2.45) is 0 Å². The van der Waals surface area contributed by atoms with Crippen LogP contribution in [0.3, 0.4) is 0 Å². The molecule has 0 aliphatic carbocycles. The van der Waals surface area contributed by atoms with Gasteiger partial charge in [-0.2, -0.15) is 0 Å². The van der Waals surface area contributed by atoms with Crippen molar-refractivity contribution < 1.29 is 21.6 Å². The zero-order valence-electron chi connectivity index (χ0n) is 15.2. The largest absolute Gasteiger partial charge is 0.255 e. The first kappa shape index (κ1) is 19.1. The van der Waals surface area contributed by atoms with Crippen molar-refractivity contribution in [1.29, 1.82) is 0 Å². The van der Waals surface area contributed by atoms with Crippen LogP contribution in [0.1, 0.15) is 5.56 Å². The van der Waals surface area contributed by atoms with Crippen molar-refractivity contribution in [2.75, 3.05) is 0 Å². The van der Waals surface area contributed by atoms with Crippen molar-refractivity contribution in [3.8, 4) is 11.1 Å². The molecule has 146 valence electrons. The third kappa shape index (κ3) is 3.38. The Bertz CT molecular complexity index is 1370. The fraction of sp³-hybridized carbons (Fsp3) is 0.0455. The van der Waals surface area contributed by atoms with Crippen LogP contribution in [0, 0.1) is 24.4 Å². The second-order valence-electron chi connectivity index (χ2n) is 6.58. The molecule has 3 nitrogen and oxygen atoms in total. The van der Waals surface area contributed by atoms with Crippen LogP contribution in [0.2, 0.25) is 0 Å². The summed E-state index contributed by atoms with van der Waals surface area (Å²) in [6.45, 7) is 1.52. The third-order valence-corrected chi connectivity index (χ3v) is 6.41. The maximum Gasteiger partial charge on any atom is 0.208 e. The molecule has 0 amide bonds. The van der Waals surface area contributed by atoms with Crippen molar-refractivity contribution in [3.63, 3.8) is 0 Å². The van der Waals surface area contributed by atoms with Gasteiger partial charge in [-0.05, 0) is 60.5 Å². The lowest BCUT2D eigenvalue weighted by Gasteiger charge is -2.14. The molecule has 0 saturated heterocycles. The fourth-order valence-corrected chi connectivity index (χ4v) is 4.61. The number of hydrogen-bond acceptors (Lipinski definition) is 3. The van der Waals surface area contributed by atoms with Crippen LogP contribution >= 0.6 is 0 Å². The lowest BCUT2D eigenvalue weighted by atomic mass is 10.0. The van der Waals surface area contributed by atoms with E-state index in [0.717, 1.165) is 24.4 Å². The molecule has 7 heteroatoms. The lowest BCUT2D eigenvalue weighted by Crippen LogP contribution is -2.06. The van der Waals surface area contributed by atoms with Gasteiger partial charge in [0.15, 0.2) is 0 Å². The SMILES string of the molecule is Cc1ccc(S(=O)(=O)c2cnc3ccc(F)cc3c2-c2cccc(F)c2)cc1F. The van der Waals surface area contributed by atoms with E-state index in [1.54, 1.807) is 0 Å². The smallest absolute Gasteiger partial charge is 0.208 e. The Hall–Kier alpha value is -3.19. The molecule has 0 aliphatic rings. The molecular formula is C22H14F3NO2S. The van der Waals surface area contributed by atoms with Crippen LogP contribution < -0.4 is 0 Å². The number of fused-ring (bicyclic) bond motifs is 1. The number of hydrogen-bond donors (Lipinski definition) is 0. The number of rotatable bonds is 3. The van der Waals surface area contributed by atoms with Gasteiger partial charge in [0, 0.05) is 17.1 Å². The second kappa shape index (κ2) is 7.00. The Balaban J connectivity index is 2.09. The third-order valence-electron chi connectivity index (χ3n) is 4.65. The van der Waals surface area contributed by atoms with Gasteiger partial charge in [0.05, 0.1) is 15.3 Å². The number of sulfone groups is 1. The summed E-state index contributed by atoms with van der Waals surface area (Å²) in [5.41, 5.74) is 0.997. The van der Waals surface area contributed by atoms with Crippen molar-refractivity contribution in [1.82, 2.24) is 4.98 Å². The molecule has 29 heavy (non-hydrogen) atoms. The summed E-state index contributed by atoms with van der Waals surface area (Å²) < 4.78 is 68.5. The summed E-state index contributed by atoms with van der Waals surface area (Å²) in [6, 6.07) is 12.7. The maximum absolute atomic E-state index is 14.0. The van der Waals surface area contributed by atoms with Gasteiger partial charge in [0.1, 0.15) is 17.5 Å². The number of aryl methyl sites for hydroxylation is 1. The summed E-state index contributed by atoms with van der Waals surface area (Å²) in [5.74, 6) is -1.83. The number of pyridine rings is 1. The Morgan fingerprint density at radius 3 is 2.34 bits per heavy atom. The minimum Gasteiger partial charge on any atom is -0.255 e. The highest BCUT2D eigenvalue weighted by Crippen LogP contribution is 2.37. The highest BCUT2D eigenvalue weighted by molar-refractivity contribution is 7.91. The number of benzene rings is 3. The van der Waals surface area contributed by atoms with E-state index in [1.807, 2.05) is 0 Å². The van der Waals surface area contributed by atoms with E-state index in [0.29, 0.717) is 11.1 Å². The van der Waals surface area contributed by atoms with Crippen molar-refractivity contribution in [2.45, 2.75) is 16.7 Å². The van der Waals surface area contributed by atoms with Crippen LogP contribution in [-0.4, -0.2) is 13.4 Å². The van der Waals surface area contributed by atoms with E-state index in [9.17, 15) is 21.6 Å². The molecule has 0 saturated carbocycles. The first-order valence-electron chi connectivity index (χ1n) is 8.63. The molecule has 3 aromatic carbocycles. The first-order chi connectivity index (χ1) is 13.8. The molecule has 1 heterocycles. The average molecular weight is 413 g/mol. The molecule has 1 aromatic heterocycles. The molecule has 0 spiro atoms. The average Bonchev–Trinajstić information content (AvgIpc) is 2.69. The van der Waals surface area contributed by atoms with Crippen molar-refractivity contribution in [3.05, 3.63) is 89.9 Å². The summed E-state index contributed by atoms with van der Waals surface area (Å²) in [6.07, 6.45) is 1.13. The van der Waals surface area contributed by atoms with Crippen LogP contribution in [-0.2, 0) is 9.84 Å². The molecule has 0 bridgehead atoms. The number of halogens is 3. The highest BCUT2D eigenvalue weighted by atomic mass is 32.2. The topological polar surface area (TPSA) is 47.0 Å². The molecular weight excluding hydrogens is 399 g/mol. The van der Waals surface area contributed by atoms with Gasteiger partial charge in [0.2, 0.25) is 9.84 Å². The molecule has 0 radical (unpaired) electrons. The highest BCUT2D eigenvalue weighted by Gasteiger charge is 2.25. The van der Waals surface area contributed by atoms with E-state index in [4.69, 9.17) is 0 Å². The Kier molecular flexibility index (Phi) is 4.62. The van der Waals surface area contributed by atoms with Gasteiger partial charge in [0.25, 0.3) is 0 Å². The minimum atomic E-state index is -4.22. The normalized spacial score (nSPS) is 11.7. The Labute approximate surface area is 165 Å². The minimum absolute atomic E-state index is 0.106. The van der Waals surface area contributed by atoms with Gasteiger partial charge in [-0.1, -0.05) is 18.2 Å². The van der Waals surface area contributed by atoms with E-state index < -0.39 is 27.3 Å². The van der Waals surface area contributed by atoms with Crippen LogP contribution in [0.4, 0.5) is 13.2 Å². The zero-order chi connectivity index (χ0) is 20.8. The Morgan fingerprint density at radius 1 is 0.862 bits per heavy atom. The molecule has 0 N–H and O–H groups in total. The summed E-state index contributed by atoms with van der Waals surface area (Å²) in [5, 5.41) is 0.212. The van der Waals surface area contributed by atoms with E-state index in [-0.39, 0.29) is 26.3 Å². The van der Waals surface area contributed by atoms with E-state index >= 15 is 0 Å². The molecule has 0 fully saturated rings. The quantitative estimate of drug-likeness (QED) is 0.448. The zero-order valence-corrected chi connectivity index (χ0v) is 16.0. The van der Waals surface area contributed by atoms with Crippen LogP contribution in [0.5, 0.6) is 0 Å². The molecule has 0 aliphatic heterocycles. The van der Waals surface area contributed by atoms with Crippen LogP contribution in [0.15, 0.2) is 76.7 Å². The Morgan fingerprint density at radius 2 is 1.62 bits per heavy atom. The standard InChI is InChI=1S/C22H14F3NO2S/c1-13-5-7-17(11-19(13)25)29(27,28)21-12-26-20-8-6-16(24)10-18(20)22(21)14-3-2-4-15(23)9-14/h2-12H,1H3. The lowest BCUT2D eigenvalue weighted by molar-refractivity contribution is 0.589. The van der Waals surface area contributed by atoms with Gasteiger partial charge >= 0.3 is 0 Å². The van der Waals surface area contributed by atoms with Gasteiger partial charge < -0.3 is 0 Å². The summed E-state index contributed by atoms with van der Waals surface area (Å²) in [4.78, 5) is 3.60. The monoisotopic (exact) mass is 413 g/mol.